The van der Waals surface area contributed by atoms with Gasteiger partial charge in [0.15, 0.2) is 17.3 Å². The monoisotopic (exact) mass is 683 g/mol. The van der Waals surface area contributed by atoms with Gasteiger partial charge in [-0.2, -0.15) is 22.9 Å². The summed E-state index contributed by atoms with van der Waals surface area (Å²) in [6.45, 7) is 4.62. The lowest BCUT2D eigenvalue weighted by Crippen LogP contribution is -2.20. The minimum absolute atomic E-state index is 0.0150. The molecule has 42 heavy (non-hydrogen) atoms. The third-order valence-corrected chi connectivity index (χ3v) is 7.16. The Bertz CT molecular complexity index is 1830. The molecule has 0 saturated carbocycles. The Morgan fingerprint density at radius 3 is 2.48 bits per heavy atom. The fraction of sp³-hybridized carbons (Fsp3) is 0.156. The number of benzene rings is 4. The van der Waals surface area contributed by atoms with Crippen LogP contribution in [0.25, 0.3) is 22.3 Å². The normalized spacial score (nSPS) is 11.8. The van der Waals surface area contributed by atoms with Crippen molar-refractivity contribution in [3.8, 4) is 22.9 Å². The second-order valence-corrected chi connectivity index (χ2v) is 10.6. The van der Waals surface area contributed by atoms with Crippen LogP contribution in [0.15, 0.2) is 94.8 Å². The van der Waals surface area contributed by atoms with Crippen molar-refractivity contribution in [2.24, 2.45) is 5.10 Å². The molecule has 10 heteroatoms. The summed E-state index contributed by atoms with van der Waals surface area (Å²) in [5, 5.41) is 4.69. The number of hydrogen-bond donors (Lipinski definition) is 0. The third-order valence-electron chi connectivity index (χ3n) is 6.36. The highest BCUT2D eigenvalue weighted by Gasteiger charge is 2.31. The minimum Gasteiger partial charge on any atom is -0.490 e. The van der Waals surface area contributed by atoms with Gasteiger partial charge in [0.25, 0.3) is 5.56 Å². The van der Waals surface area contributed by atoms with Gasteiger partial charge in [0, 0.05) is 5.56 Å². The van der Waals surface area contributed by atoms with Gasteiger partial charge in [-0.05, 0) is 84.0 Å². The zero-order valence-corrected chi connectivity index (χ0v) is 24.8. The first-order chi connectivity index (χ1) is 20.1. The Morgan fingerprint density at radius 1 is 0.976 bits per heavy atom. The summed E-state index contributed by atoms with van der Waals surface area (Å²) in [7, 11) is 0. The van der Waals surface area contributed by atoms with Crippen LogP contribution in [0.1, 0.15) is 29.2 Å². The van der Waals surface area contributed by atoms with E-state index >= 15 is 0 Å². The second kappa shape index (κ2) is 12.4. The number of alkyl halides is 3. The molecule has 0 aliphatic rings. The van der Waals surface area contributed by atoms with Gasteiger partial charge in [-0.1, -0.05) is 54.1 Å². The molecule has 4 aromatic carbocycles. The largest absolute Gasteiger partial charge is 0.490 e. The predicted molar refractivity (Wildman–Crippen MR) is 165 cm³/mol. The molecular weight excluding hydrogens is 658 g/mol. The Morgan fingerprint density at radius 2 is 1.74 bits per heavy atom. The van der Waals surface area contributed by atoms with E-state index in [-0.39, 0.29) is 16.8 Å². The Hall–Kier alpha value is -4.19. The Balaban J connectivity index is 1.55. The van der Waals surface area contributed by atoms with Crippen molar-refractivity contribution < 1.29 is 22.6 Å². The maximum absolute atomic E-state index is 13.5. The van der Waals surface area contributed by atoms with Gasteiger partial charge in [-0.3, -0.25) is 4.79 Å². The van der Waals surface area contributed by atoms with Gasteiger partial charge in [0.05, 0.1) is 32.9 Å². The number of aromatic nitrogens is 2. The molecule has 0 N–H and O–H groups in total. The van der Waals surface area contributed by atoms with E-state index in [0.717, 1.165) is 31.5 Å². The number of rotatable bonds is 8. The average Bonchev–Trinajstić information content (AvgIpc) is 2.97. The predicted octanol–water partition coefficient (Wildman–Crippen LogP) is 7.86. The number of hydrogen-bond acceptors (Lipinski definition) is 5. The fourth-order valence-corrected chi connectivity index (χ4v) is 5.06. The van der Waals surface area contributed by atoms with E-state index in [1.807, 2.05) is 44.2 Å². The van der Waals surface area contributed by atoms with Gasteiger partial charge in [-0.15, -0.1) is 0 Å². The molecule has 5 aromatic rings. The molecule has 1 heterocycles. The van der Waals surface area contributed by atoms with E-state index in [4.69, 9.17) is 9.47 Å². The van der Waals surface area contributed by atoms with Crippen LogP contribution in [0.5, 0.6) is 11.5 Å². The molecule has 5 rings (SSSR count). The number of nitrogens with zero attached hydrogens (tertiary/aromatic N) is 3. The van der Waals surface area contributed by atoms with Gasteiger partial charge in [-0.25, -0.2) is 4.98 Å². The maximum Gasteiger partial charge on any atom is 0.416 e. The van der Waals surface area contributed by atoms with E-state index in [1.165, 1.54) is 18.3 Å². The highest BCUT2D eigenvalue weighted by molar-refractivity contribution is 14.1. The summed E-state index contributed by atoms with van der Waals surface area (Å²) in [5.74, 6) is 1.06. The standard InChI is InChI=1S/C32H25F3IN3O3/c1-3-41-28-16-22(15-26(36)29(28)42-19-21-13-11-20(2)12-14-21)18-37-39-30(23-7-6-8-24(17-23)32(33,34)35)38-27-10-5-4-9-25(27)31(39)40/h4-18H,3,19H2,1-2H3. The van der Waals surface area contributed by atoms with Gasteiger partial charge in [0.1, 0.15) is 6.61 Å². The smallest absolute Gasteiger partial charge is 0.416 e. The molecule has 0 aliphatic heterocycles. The number of aryl methyl sites for hydroxylation is 1. The lowest BCUT2D eigenvalue weighted by molar-refractivity contribution is -0.137. The SMILES string of the molecule is CCOc1cc(C=Nn2c(-c3cccc(C(F)(F)F)c3)nc3ccccc3c2=O)cc(I)c1OCc1ccc(C)cc1. The van der Waals surface area contributed by atoms with Crippen molar-refractivity contribution in [1.29, 1.82) is 0 Å². The zero-order valence-electron chi connectivity index (χ0n) is 22.7. The number of ether oxygens (including phenoxy) is 2. The Kier molecular flexibility index (Phi) is 8.62. The van der Waals surface area contributed by atoms with E-state index < -0.39 is 17.3 Å². The lowest BCUT2D eigenvalue weighted by atomic mass is 10.1. The van der Waals surface area contributed by atoms with Crippen molar-refractivity contribution in [2.45, 2.75) is 26.6 Å². The number of fused-ring (bicyclic) bond motifs is 1. The molecule has 0 spiro atoms. The zero-order chi connectivity index (χ0) is 29.9. The molecule has 0 unspecified atom stereocenters. The van der Waals surface area contributed by atoms with Gasteiger partial charge < -0.3 is 9.47 Å². The summed E-state index contributed by atoms with van der Waals surface area (Å²) in [6.07, 6.45) is -3.11. The Labute approximate surface area is 253 Å². The van der Waals surface area contributed by atoms with Gasteiger partial charge >= 0.3 is 6.18 Å². The molecule has 0 amide bonds. The highest BCUT2D eigenvalue weighted by atomic mass is 127. The first kappa shape index (κ1) is 29.3. The molecule has 1 aromatic heterocycles. The van der Waals surface area contributed by atoms with Crippen molar-refractivity contribution in [3.63, 3.8) is 0 Å². The van der Waals surface area contributed by atoms with Crippen LogP contribution < -0.4 is 15.0 Å². The van der Waals surface area contributed by atoms with Crippen molar-refractivity contribution in [3.05, 3.63) is 121 Å². The molecule has 0 atom stereocenters. The lowest BCUT2D eigenvalue weighted by Gasteiger charge is -2.15. The molecule has 214 valence electrons. The molecule has 0 aliphatic carbocycles. The maximum atomic E-state index is 13.5. The van der Waals surface area contributed by atoms with Crippen molar-refractivity contribution in [2.75, 3.05) is 6.61 Å². The third kappa shape index (κ3) is 6.48. The van der Waals surface area contributed by atoms with Crippen LogP contribution >= 0.6 is 22.6 Å². The van der Waals surface area contributed by atoms with Crippen LogP contribution in [-0.2, 0) is 12.8 Å². The molecule has 0 bridgehead atoms. The van der Waals surface area contributed by atoms with E-state index in [0.29, 0.717) is 35.8 Å². The van der Waals surface area contributed by atoms with Crippen LogP contribution in [-0.4, -0.2) is 22.5 Å². The van der Waals surface area contributed by atoms with Crippen molar-refractivity contribution in [1.82, 2.24) is 9.66 Å². The quantitative estimate of drug-likeness (QED) is 0.124. The second-order valence-electron chi connectivity index (χ2n) is 9.43. The van der Waals surface area contributed by atoms with Crippen LogP contribution in [0, 0.1) is 10.5 Å². The fourth-order valence-electron chi connectivity index (χ4n) is 4.28. The summed E-state index contributed by atoms with van der Waals surface area (Å²) < 4.78 is 54.2. The number of para-hydroxylation sites is 1. The molecule has 0 fully saturated rings. The van der Waals surface area contributed by atoms with E-state index in [2.05, 4.69) is 32.7 Å². The first-order valence-corrected chi connectivity index (χ1v) is 14.1. The van der Waals surface area contributed by atoms with Crippen LogP contribution in [0.4, 0.5) is 13.2 Å². The van der Waals surface area contributed by atoms with Crippen LogP contribution in [0.2, 0.25) is 0 Å². The summed E-state index contributed by atoms with van der Waals surface area (Å²) in [6, 6.07) is 22.9. The molecule has 0 saturated heterocycles. The van der Waals surface area contributed by atoms with E-state index in [1.54, 1.807) is 30.3 Å². The first-order valence-electron chi connectivity index (χ1n) is 13.0. The van der Waals surface area contributed by atoms with Crippen molar-refractivity contribution >= 4 is 39.7 Å². The summed E-state index contributed by atoms with van der Waals surface area (Å²) in [4.78, 5) is 18.0. The molecular formula is C32H25F3IN3O3. The summed E-state index contributed by atoms with van der Waals surface area (Å²) in [5.41, 5.74) is 1.86. The summed E-state index contributed by atoms with van der Waals surface area (Å²) >= 11 is 2.14. The number of halogens is 4. The minimum atomic E-state index is -4.56. The van der Waals surface area contributed by atoms with E-state index in [9.17, 15) is 18.0 Å². The van der Waals surface area contributed by atoms with Crippen LogP contribution in [0.3, 0.4) is 0 Å². The molecule has 0 radical (unpaired) electrons. The molecule has 6 nitrogen and oxygen atoms in total. The van der Waals surface area contributed by atoms with Gasteiger partial charge in [0.2, 0.25) is 0 Å². The topological polar surface area (TPSA) is 65.7 Å². The highest BCUT2D eigenvalue weighted by Crippen LogP contribution is 2.35. The average molecular weight is 683 g/mol.